The molecule has 0 radical (unpaired) electrons. The zero-order valence-electron chi connectivity index (χ0n) is 18.2. The molecule has 174 valence electrons. The summed E-state index contributed by atoms with van der Waals surface area (Å²) >= 11 is 0. The summed E-state index contributed by atoms with van der Waals surface area (Å²) in [6.07, 6.45) is 0.940. The van der Waals surface area contributed by atoms with Gasteiger partial charge in [0.2, 0.25) is 23.7 Å². The van der Waals surface area contributed by atoms with Gasteiger partial charge in [0.25, 0.3) is 5.56 Å². The molecule has 1 aromatic heterocycles. The maximum Gasteiger partial charge on any atom is 0.258 e. The molecule has 2 aliphatic heterocycles. The second kappa shape index (κ2) is 9.31. The quantitative estimate of drug-likeness (QED) is 0.505. The fourth-order valence-corrected chi connectivity index (χ4v) is 4.14. The molecule has 1 atom stereocenters. The Bertz CT molecular complexity index is 1120. The Morgan fingerprint density at radius 1 is 1.21 bits per heavy atom. The highest BCUT2D eigenvalue weighted by Gasteiger charge is 2.35. The van der Waals surface area contributed by atoms with E-state index in [1.807, 2.05) is 11.8 Å². The molecule has 0 spiro atoms. The van der Waals surface area contributed by atoms with E-state index < -0.39 is 23.3 Å². The van der Waals surface area contributed by atoms with Gasteiger partial charge in [0, 0.05) is 31.1 Å². The number of H-pyrrole nitrogens is 1. The first-order valence-corrected chi connectivity index (χ1v) is 10.9. The largest absolute Gasteiger partial charge is 0.494 e. The predicted molar refractivity (Wildman–Crippen MR) is 121 cm³/mol. The maximum atomic E-state index is 13.0. The van der Waals surface area contributed by atoms with Crippen molar-refractivity contribution in [3.05, 3.63) is 40.2 Å². The lowest BCUT2D eigenvalue weighted by Crippen LogP contribution is -2.41. The topological polar surface area (TPSA) is 160 Å². The number of piperidine rings is 1. The Morgan fingerprint density at radius 2 is 1.91 bits per heavy atom. The van der Waals surface area contributed by atoms with Crippen LogP contribution in [0.25, 0.3) is 0 Å². The van der Waals surface area contributed by atoms with Crippen LogP contribution in [0.5, 0.6) is 5.75 Å². The summed E-state index contributed by atoms with van der Waals surface area (Å²) in [6.45, 7) is 3.39. The molecule has 11 heteroatoms. The van der Waals surface area contributed by atoms with E-state index in [1.54, 1.807) is 24.3 Å². The summed E-state index contributed by atoms with van der Waals surface area (Å²) in [5.74, 6) is -1.36. The second-order valence-electron chi connectivity index (χ2n) is 8.07. The minimum Gasteiger partial charge on any atom is -0.494 e. The van der Waals surface area contributed by atoms with Gasteiger partial charge in [-0.3, -0.25) is 24.2 Å². The van der Waals surface area contributed by atoms with E-state index in [2.05, 4.69) is 20.6 Å². The van der Waals surface area contributed by atoms with Crippen LogP contribution in [0.15, 0.2) is 29.1 Å². The van der Waals surface area contributed by atoms with E-state index in [1.165, 1.54) is 0 Å². The molecule has 1 aromatic carbocycles. The van der Waals surface area contributed by atoms with Crippen molar-refractivity contribution in [3.63, 3.8) is 0 Å². The molecule has 2 aliphatic rings. The van der Waals surface area contributed by atoms with Gasteiger partial charge < -0.3 is 26.0 Å². The Labute approximate surface area is 189 Å². The molecule has 0 aliphatic carbocycles. The number of aromatic amines is 1. The Morgan fingerprint density at radius 3 is 2.55 bits per heavy atom. The summed E-state index contributed by atoms with van der Waals surface area (Å²) in [7, 11) is 0. The Hall–Kier alpha value is -3.89. The van der Waals surface area contributed by atoms with E-state index >= 15 is 0 Å². The number of nitrogens with two attached hydrogens (primary N) is 1. The van der Waals surface area contributed by atoms with E-state index in [0.29, 0.717) is 44.0 Å². The smallest absolute Gasteiger partial charge is 0.258 e. The molecule has 0 bridgehead atoms. The van der Waals surface area contributed by atoms with Gasteiger partial charge in [0.1, 0.15) is 11.6 Å². The van der Waals surface area contributed by atoms with E-state index in [4.69, 9.17) is 10.5 Å². The van der Waals surface area contributed by atoms with E-state index in [9.17, 15) is 19.2 Å². The number of aromatic nitrogens is 2. The molecule has 5 N–H and O–H groups in total. The van der Waals surface area contributed by atoms with Crippen molar-refractivity contribution < 1.29 is 19.1 Å². The third kappa shape index (κ3) is 4.81. The molecule has 0 unspecified atom stereocenters. The van der Waals surface area contributed by atoms with E-state index in [0.717, 1.165) is 0 Å². The van der Waals surface area contributed by atoms with Crippen LogP contribution in [-0.4, -0.2) is 47.4 Å². The van der Waals surface area contributed by atoms with E-state index in [-0.39, 0.29) is 35.6 Å². The van der Waals surface area contributed by atoms with Gasteiger partial charge in [-0.05, 0) is 44.0 Å². The van der Waals surface area contributed by atoms with Gasteiger partial charge in [-0.1, -0.05) is 0 Å². The summed E-state index contributed by atoms with van der Waals surface area (Å²) in [5.41, 5.74) is 5.53. The van der Waals surface area contributed by atoms with Crippen LogP contribution in [0.3, 0.4) is 0 Å². The predicted octanol–water partition coefficient (Wildman–Crippen LogP) is 0.935. The molecule has 4 rings (SSSR count). The first-order valence-electron chi connectivity index (χ1n) is 10.9. The molecule has 1 fully saturated rings. The highest BCUT2D eigenvalue weighted by molar-refractivity contribution is 6.04. The number of hydrogen-bond acceptors (Lipinski definition) is 7. The molecule has 2 aromatic rings. The number of nitrogens with zero attached hydrogens (tertiary/aromatic N) is 2. The summed E-state index contributed by atoms with van der Waals surface area (Å²) < 4.78 is 5.39. The SMILES string of the molecule is CCOc1ccc(NC(=O)[C@@H]2CC(=O)Nc3nc(N4CCC(C(N)=O)CC4)[nH]c(=O)c32)cc1. The summed E-state index contributed by atoms with van der Waals surface area (Å²) in [6, 6.07) is 6.83. The Balaban J connectivity index is 1.54. The molecular weight excluding hydrogens is 428 g/mol. The van der Waals surface area contributed by atoms with Gasteiger partial charge in [-0.25, -0.2) is 0 Å². The minimum absolute atomic E-state index is 0.0777. The molecule has 33 heavy (non-hydrogen) atoms. The van der Waals surface area contributed by atoms with Crippen molar-refractivity contribution in [2.75, 3.05) is 35.2 Å². The molecule has 3 heterocycles. The fraction of sp³-hybridized carbons (Fsp3) is 0.409. The fourth-order valence-electron chi connectivity index (χ4n) is 4.14. The highest BCUT2D eigenvalue weighted by atomic mass is 16.5. The number of carbonyl (C=O) groups excluding carboxylic acids is 3. The lowest BCUT2D eigenvalue weighted by molar-refractivity contribution is -0.123. The molecule has 1 saturated heterocycles. The summed E-state index contributed by atoms with van der Waals surface area (Å²) in [5, 5.41) is 5.36. The second-order valence-corrected chi connectivity index (χ2v) is 8.07. The number of rotatable bonds is 6. The first kappa shape index (κ1) is 22.3. The van der Waals surface area contributed by atoms with Gasteiger partial charge in [-0.15, -0.1) is 0 Å². The first-order chi connectivity index (χ1) is 15.9. The third-order valence-corrected chi connectivity index (χ3v) is 5.88. The van der Waals surface area contributed by atoms with Gasteiger partial charge in [-0.2, -0.15) is 4.98 Å². The van der Waals surface area contributed by atoms with Crippen LogP contribution in [0.4, 0.5) is 17.5 Å². The van der Waals surface area contributed by atoms with Crippen LogP contribution in [0.1, 0.15) is 37.7 Å². The van der Waals surface area contributed by atoms with Crippen molar-refractivity contribution in [1.82, 2.24) is 9.97 Å². The zero-order valence-corrected chi connectivity index (χ0v) is 18.2. The lowest BCUT2D eigenvalue weighted by atomic mass is 9.92. The molecule has 0 saturated carbocycles. The number of primary amides is 1. The Kier molecular flexibility index (Phi) is 6.29. The van der Waals surface area contributed by atoms with Crippen molar-refractivity contribution in [1.29, 1.82) is 0 Å². The van der Waals surface area contributed by atoms with Crippen LogP contribution < -0.4 is 31.6 Å². The van der Waals surface area contributed by atoms with Crippen LogP contribution in [-0.2, 0) is 14.4 Å². The standard InChI is InChI=1S/C22H26N6O5/c1-2-33-14-5-3-13(4-6-14)24-20(31)15-11-16(29)25-19-17(15)21(32)27-22(26-19)28-9-7-12(8-10-28)18(23)30/h3-6,12,15H,2,7-11H2,1H3,(H2,23,30)(H,24,31)(H2,25,26,27,29,32)/t15-/m1/s1. The van der Waals surface area contributed by atoms with Crippen molar-refractivity contribution >= 4 is 35.2 Å². The normalized spacial score (nSPS) is 18.3. The third-order valence-electron chi connectivity index (χ3n) is 5.88. The molecule has 11 nitrogen and oxygen atoms in total. The monoisotopic (exact) mass is 454 g/mol. The lowest BCUT2D eigenvalue weighted by Gasteiger charge is -2.32. The van der Waals surface area contributed by atoms with Crippen LogP contribution in [0, 0.1) is 5.92 Å². The number of ether oxygens (including phenoxy) is 1. The maximum absolute atomic E-state index is 13.0. The van der Waals surface area contributed by atoms with Crippen molar-refractivity contribution in [2.24, 2.45) is 11.7 Å². The average molecular weight is 454 g/mol. The number of amides is 3. The number of nitrogens with one attached hydrogen (secondary N) is 3. The molecule has 3 amide bonds. The van der Waals surface area contributed by atoms with Gasteiger partial charge >= 0.3 is 0 Å². The van der Waals surface area contributed by atoms with Crippen LogP contribution >= 0.6 is 0 Å². The van der Waals surface area contributed by atoms with Gasteiger partial charge in [0.15, 0.2) is 0 Å². The van der Waals surface area contributed by atoms with Gasteiger partial charge in [0.05, 0.1) is 18.1 Å². The minimum atomic E-state index is -0.980. The number of carbonyl (C=O) groups is 3. The number of benzene rings is 1. The summed E-state index contributed by atoms with van der Waals surface area (Å²) in [4.78, 5) is 58.6. The van der Waals surface area contributed by atoms with Crippen LogP contribution in [0.2, 0.25) is 0 Å². The zero-order chi connectivity index (χ0) is 23.5. The highest BCUT2D eigenvalue weighted by Crippen LogP contribution is 2.31. The number of anilines is 3. The average Bonchev–Trinajstić information content (AvgIpc) is 2.79. The van der Waals surface area contributed by atoms with Crippen molar-refractivity contribution in [2.45, 2.75) is 32.1 Å². The number of hydrogen-bond donors (Lipinski definition) is 4. The number of fused-ring (bicyclic) bond motifs is 1. The van der Waals surface area contributed by atoms with Crippen molar-refractivity contribution in [3.8, 4) is 5.75 Å². The molecular formula is C22H26N6O5.